The Balaban J connectivity index is 2.30. The molecule has 1 amide bonds. The summed E-state index contributed by atoms with van der Waals surface area (Å²) in [5.41, 5.74) is 1.52. The SMILES string of the molecule is C=CC(=O)N1Cc2cccc(F)c2C1. The molecule has 14 heavy (non-hydrogen) atoms. The van der Waals surface area contributed by atoms with Gasteiger partial charge in [-0.05, 0) is 17.7 Å². The topological polar surface area (TPSA) is 20.3 Å². The molecule has 1 aromatic carbocycles. The molecule has 1 heterocycles. The molecule has 1 aromatic rings. The number of carbonyl (C=O) groups is 1. The molecule has 0 aliphatic carbocycles. The minimum Gasteiger partial charge on any atom is -0.330 e. The molecule has 0 saturated carbocycles. The minimum absolute atomic E-state index is 0.152. The molecule has 0 N–H and O–H groups in total. The molecule has 3 heteroatoms. The molecule has 1 aliphatic rings. The molecule has 2 nitrogen and oxygen atoms in total. The van der Waals surface area contributed by atoms with Crippen LogP contribution >= 0.6 is 0 Å². The molecular weight excluding hydrogens is 181 g/mol. The van der Waals surface area contributed by atoms with E-state index in [0.29, 0.717) is 18.7 Å². The minimum atomic E-state index is -0.234. The van der Waals surface area contributed by atoms with Gasteiger partial charge in [0.2, 0.25) is 5.91 Å². The molecule has 0 atom stereocenters. The first-order valence-electron chi connectivity index (χ1n) is 4.40. The lowest BCUT2D eigenvalue weighted by molar-refractivity contribution is -0.126. The molecule has 0 aromatic heterocycles. The zero-order valence-electron chi connectivity index (χ0n) is 7.66. The lowest BCUT2D eigenvalue weighted by Gasteiger charge is -2.11. The van der Waals surface area contributed by atoms with E-state index in [4.69, 9.17) is 0 Å². The molecule has 2 rings (SSSR count). The highest BCUT2D eigenvalue weighted by molar-refractivity contribution is 5.87. The monoisotopic (exact) mass is 191 g/mol. The Morgan fingerprint density at radius 2 is 2.29 bits per heavy atom. The van der Waals surface area contributed by atoms with Crippen molar-refractivity contribution in [3.8, 4) is 0 Å². The van der Waals surface area contributed by atoms with Gasteiger partial charge in [-0.3, -0.25) is 4.79 Å². The summed E-state index contributed by atoms with van der Waals surface area (Å²) in [7, 11) is 0. The van der Waals surface area contributed by atoms with E-state index in [1.807, 2.05) is 6.07 Å². The van der Waals surface area contributed by atoms with Gasteiger partial charge in [-0.2, -0.15) is 0 Å². The number of fused-ring (bicyclic) bond motifs is 1. The van der Waals surface area contributed by atoms with E-state index in [-0.39, 0.29) is 11.7 Å². The standard InChI is InChI=1S/C11H10FNO/c1-2-11(14)13-6-8-4-3-5-10(12)9(8)7-13/h2-5H,1,6-7H2. The fraction of sp³-hybridized carbons (Fsp3) is 0.182. The van der Waals surface area contributed by atoms with Crippen molar-refractivity contribution in [3.05, 3.63) is 47.8 Å². The zero-order valence-corrected chi connectivity index (χ0v) is 7.66. The highest BCUT2D eigenvalue weighted by Gasteiger charge is 2.23. The highest BCUT2D eigenvalue weighted by Crippen LogP contribution is 2.24. The fourth-order valence-corrected chi connectivity index (χ4v) is 1.67. The number of benzene rings is 1. The molecule has 0 unspecified atom stereocenters. The summed E-state index contributed by atoms with van der Waals surface area (Å²) in [6.07, 6.45) is 1.25. The van der Waals surface area contributed by atoms with Crippen LogP contribution in [0.4, 0.5) is 4.39 Å². The van der Waals surface area contributed by atoms with E-state index >= 15 is 0 Å². The largest absolute Gasteiger partial charge is 0.330 e. The van der Waals surface area contributed by atoms with Crippen LogP contribution in [0.2, 0.25) is 0 Å². The Kier molecular flexibility index (Phi) is 2.08. The van der Waals surface area contributed by atoms with Gasteiger partial charge in [-0.1, -0.05) is 18.7 Å². The van der Waals surface area contributed by atoms with Gasteiger partial charge in [0.25, 0.3) is 0 Å². The van der Waals surface area contributed by atoms with E-state index < -0.39 is 0 Å². The van der Waals surface area contributed by atoms with E-state index in [1.54, 1.807) is 11.0 Å². The van der Waals surface area contributed by atoms with Crippen molar-refractivity contribution in [2.45, 2.75) is 13.1 Å². The first kappa shape index (κ1) is 8.94. The summed E-state index contributed by atoms with van der Waals surface area (Å²) >= 11 is 0. The lowest BCUT2D eigenvalue weighted by Crippen LogP contribution is -2.22. The lowest BCUT2D eigenvalue weighted by atomic mass is 10.1. The van der Waals surface area contributed by atoms with Crippen molar-refractivity contribution in [2.24, 2.45) is 0 Å². The Morgan fingerprint density at radius 1 is 1.50 bits per heavy atom. The van der Waals surface area contributed by atoms with Crippen molar-refractivity contribution < 1.29 is 9.18 Å². The van der Waals surface area contributed by atoms with Crippen LogP contribution < -0.4 is 0 Å². The second-order valence-corrected chi connectivity index (χ2v) is 3.28. The Labute approximate surface area is 81.6 Å². The number of rotatable bonds is 1. The molecule has 0 spiro atoms. The van der Waals surface area contributed by atoms with Crippen LogP contribution in [0, 0.1) is 5.82 Å². The third-order valence-corrected chi connectivity index (χ3v) is 2.41. The molecule has 72 valence electrons. The van der Waals surface area contributed by atoms with Crippen LogP contribution in [-0.4, -0.2) is 10.8 Å². The van der Waals surface area contributed by atoms with Crippen LogP contribution in [0.3, 0.4) is 0 Å². The average Bonchev–Trinajstić information content (AvgIpc) is 2.62. The number of hydrogen-bond acceptors (Lipinski definition) is 1. The smallest absolute Gasteiger partial charge is 0.246 e. The van der Waals surface area contributed by atoms with Gasteiger partial charge in [0.1, 0.15) is 5.82 Å². The maximum absolute atomic E-state index is 13.3. The van der Waals surface area contributed by atoms with E-state index in [0.717, 1.165) is 5.56 Å². The van der Waals surface area contributed by atoms with Crippen LogP contribution in [0.5, 0.6) is 0 Å². The van der Waals surface area contributed by atoms with Crippen molar-refractivity contribution in [3.63, 3.8) is 0 Å². The summed E-state index contributed by atoms with van der Waals surface area (Å²) in [6, 6.07) is 4.92. The predicted molar refractivity (Wildman–Crippen MR) is 50.9 cm³/mol. The first-order valence-corrected chi connectivity index (χ1v) is 4.40. The molecule has 0 saturated heterocycles. The van der Waals surface area contributed by atoms with Crippen LogP contribution in [0.25, 0.3) is 0 Å². The van der Waals surface area contributed by atoms with E-state index in [2.05, 4.69) is 6.58 Å². The number of halogens is 1. The maximum atomic E-state index is 13.3. The quantitative estimate of drug-likeness (QED) is 0.620. The van der Waals surface area contributed by atoms with Gasteiger partial charge in [0.05, 0.1) is 0 Å². The molecule has 0 fully saturated rings. The average molecular weight is 191 g/mol. The third kappa shape index (κ3) is 1.31. The summed E-state index contributed by atoms with van der Waals surface area (Å²) in [4.78, 5) is 12.8. The molecular formula is C11H10FNO. The molecule has 0 radical (unpaired) electrons. The van der Waals surface area contributed by atoms with Crippen molar-refractivity contribution in [1.82, 2.24) is 4.90 Å². The maximum Gasteiger partial charge on any atom is 0.246 e. The number of nitrogens with zero attached hydrogens (tertiary/aromatic N) is 1. The van der Waals surface area contributed by atoms with E-state index in [1.165, 1.54) is 12.1 Å². The first-order chi connectivity index (χ1) is 6.72. The van der Waals surface area contributed by atoms with Crippen molar-refractivity contribution >= 4 is 5.91 Å². The summed E-state index contributed by atoms with van der Waals surface area (Å²) in [6.45, 7) is 4.24. The normalized spacial score (nSPS) is 13.9. The van der Waals surface area contributed by atoms with Gasteiger partial charge in [-0.25, -0.2) is 4.39 Å². The Hall–Kier alpha value is -1.64. The molecule has 1 aliphatic heterocycles. The van der Waals surface area contributed by atoms with E-state index in [9.17, 15) is 9.18 Å². The van der Waals surface area contributed by atoms with Crippen LogP contribution in [0.1, 0.15) is 11.1 Å². The summed E-state index contributed by atoms with van der Waals surface area (Å²) < 4.78 is 13.3. The summed E-state index contributed by atoms with van der Waals surface area (Å²) in [5.74, 6) is -0.387. The Bertz CT molecular complexity index is 400. The number of carbonyl (C=O) groups excluding carboxylic acids is 1. The van der Waals surface area contributed by atoms with Crippen molar-refractivity contribution in [2.75, 3.05) is 0 Å². The van der Waals surface area contributed by atoms with Gasteiger partial charge in [0, 0.05) is 18.7 Å². The second-order valence-electron chi connectivity index (χ2n) is 3.28. The van der Waals surface area contributed by atoms with Crippen LogP contribution in [0.15, 0.2) is 30.9 Å². The number of hydrogen-bond donors (Lipinski definition) is 0. The second kappa shape index (κ2) is 3.25. The zero-order chi connectivity index (χ0) is 10.1. The van der Waals surface area contributed by atoms with Crippen molar-refractivity contribution in [1.29, 1.82) is 0 Å². The fourth-order valence-electron chi connectivity index (χ4n) is 1.67. The number of amides is 1. The van der Waals surface area contributed by atoms with Gasteiger partial charge < -0.3 is 4.90 Å². The van der Waals surface area contributed by atoms with Gasteiger partial charge in [0.15, 0.2) is 0 Å². The third-order valence-electron chi connectivity index (χ3n) is 2.41. The summed E-state index contributed by atoms with van der Waals surface area (Å²) in [5, 5.41) is 0. The Morgan fingerprint density at radius 3 is 2.93 bits per heavy atom. The van der Waals surface area contributed by atoms with Gasteiger partial charge in [-0.15, -0.1) is 0 Å². The molecule has 0 bridgehead atoms. The van der Waals surface area contributed by atoms with Crippen LogP contribution in [-0.2, 0) is 17.9 Å². The predicted octanol–water partition coefficient (Wildman–Crippen LogP) is 1.85. The van der Waals surface area contributed by atoms with Gasteiger partial charge >= 0.3 is 0 Å². The highest BCUT2D eigenvalue weighted by atomic mass is 19.1.